The number of carbonyl (C=O) groups excluding carboxylic acids is 1. The van der Waals surface area contributed by atoms with E-state index in [0.717, 1.165) is 5.39 Å². The molecule has 0 atom stereocenters. The molecule has 0 radical (unpaired) electrons. The van der Waals surface area contributed by atoms with Crippen LogP contribution in [0, 0.1) is 11.7 Å². The van der Waals surface area contributed by atoms with E-state index in [1.165, 1.54) is 17.1 Å². The van der Waals surface area contributed by atoms with Gasteiger partial charge in [0, 0.05) is 20.1 Å². The minimum atomic E-state index is -0.369. The van der Waals surface area contributed by atoms with E-state index in [4.69, 9.17) is 0 Å². The Bertz CT molecular complexity index is 918. The molecule has 122 valence electrons. The summed E-state index contributed by atoms with van der Waals surface area (Å²) < 4.78 is 15.5. The monoisotopic (exact) mass is 326 g/mol. The predicted molar refractivity (Wildman–Crippen MR) is 86.4 cm³/mol. The Kier molecular flexibility index (Phi) is 3.37. The van der Waals surface area contributed by atoms with Crippen molar-refractivity contribution in [3.8, 4) is 5.69 Å². The number of aromatic nitrogens is 4. The molecule has 1 aliphatic heterocycles. The molecular weight excluding hydrogens is 311 g/mol. The average Bonchev–Trinajstić information content (AvgIpc) is 2.98. The number of para-hydroxylation sites is 1. The lowest BCUT2D eigenvalue weighted by molar-refractivity contribution is -0.125. The van der Waals surface area contributed by atoms with Crippen molar-refractivity contribution in [3.05, 3.63) is 42.6 Å². The van der Waals surface area contributed by atoms with Gasteiger partial charge in [-0.05, 0) is 12.1 Å². The second-order valence-electron chi connectivity index (χ2n) is 5.66. The van der Waals surface area contributed by atoms with Crippen molar-refractivity contribution in [1.29, 1.82) is 0 Å². The van der Waals surface area contributed by atoms with Crippen LogP contribution in [-0.4, -0.2) is 45.8 Å². The van der Waals surface area contributed by atoms with Crippen molar-refractivity contribution in [2.75, 3.05) is 25.0 Å². The Morgan fingerprint density at radius 2 is 2.08 bits per heavy atom. The van der Waals surface area contributed by atoms with Gasteiger partial charge in [-0.2, -0.15) is 5.10 Å². The summed E-state index contributed by atoms with van der Waals surface area (Å²) >= 11 is 0. The van der Waals surface area contributed by atoms with E-state index in [-0.39, 0.29) is 17.6 Å². The quantitative estimate of drug-likeness (QED) is 0.781. The molecule has 8 heteroatoms. The number of anilines is 1. The first-order valence-corrected chi connectivity index (χ1v) is 7.59. The average molecular weight is 326 g/mol. The van der Waals surface area contributed by atoms with Gasteiger partial charge < -0.3 is 10.2 Å². The van der Waals surface area contributed by atoms with Gasteiger partial charge in [0.05, 0.1) is 17.5 Å². The molecule has 0 spiro atoms. The molecule has 0 unspecified atom stereocenters. The minimum absolute atomic E-state index is 0.0265. The molecule has 1 N–H and O–H groups in total. The molecule has 0 aliphatic carbocycles. The van der Waals surface area contributed by atoms with E-state index in [1.807, 2.05) is 4.90 Å². The molecule has 1 amide bonds. The third-order valence-corrected chi connectivity index (χ3v) is 4.22. The Labute approximate surface area is 137 Å². The van der Waals surface area contributed by atoms with Gasteiger partial charge in [-0.15, -0.1) is 0 Å². The van der Waals surface area contributed by atoms with E-state index in [1.54, 1.807) is 31.4 Å². The maximum Gasteiger partial charge on any atom is 0.226 e. The van der Waals surface area contributed by atoms with Crippen LogP contribution in [-0.2, 0) is 4.79 Å². The van der Waals surface area contributed by atoms with Crippen LogP contribution in [0.25, 0.3) is 16.7 Å². The summed E-state index contributed by atoms with van der Waals surface area (Å²) in [5.41, 5.74) is 0.873. The maximum absolute atomic E-state index is 14.0. The van der Waals surface area contributed by atoms with Crippen molar-refractivity contribution < 1.29 is 9.18 Å². The molecule has 7 nitrogen and oxygen atoms in total. The Balaban J connectivity index is 1.71. The zero-order chi connectivity index (χ0) is 16.7. The second kappa shape index (κ2) is 5.55. The first-order valence-electron chi connectivity index (χ1n) is 7.59. The van der Waals surface area contributed by atoms with Gasteiger partial charge in [0.25, 0.3) is 0 Å². The topological polar surface area (TPSA) is 75.9 Å². The number of fused-ring (bicyclic) bond motifs is 1. The molecule has 0 bridgehead atoms. The van der Waals surface area contributed by atoms with Crippen LogP contribution in [0.3, 0.4) is 0 Å². The van der Waals surface area contributed by atoms with Crippen molar-refractivity contribution in [3.63, 3.8) is 0 Å². The third-order valence-electron chi connectivity index (χ3n) is 4.22. The highest BCUT2D eigenvalue weighted by Gasteiger charge is 2.34. The van der Waals surface area contributed by atoms with Crippen LogP contribution >= 0.6 is 0 Å². The van der Waals surface area contributed by atoms with E-state index in [9.17, 15) is 9.18 Å². The fraction of sp³-hybridized carbons (Fsp3) is 0.250. The van der Waals surface area contributed by atoms with Crippen LogP contribution in [0.1, 0.15) is 0 Å². The highest BCUT2D eigenvalue weighted by atomic mass is 19.1. The molecule has 1 saturated heterocycles. The van der Waals surface area contributed by atoms with Crippen LogP contribution in [0.15, 0.2) is 36.8 Å². The summed E-state index contributed by atoms with van der Waals surface area (Å²) in [7, 11) is 1.63. The molecular formula is C16H15FN6O. The Morgan fingerprint density at radius 1 is 1.29 bits per heavy atom. The summed E-state index contributed by atoms with van der Waals surface area (Å²) in [4.78, 5) is 22.2. The lowest BCUT2D eigenvalue weighted by Gasteiger charge is -2.38. The van der Waals surface area contributed by atoms with Gasteiger partial charge in [-0.1, -0.05) is 12.1 Å². The van der Waals surface area contributed by atoms with Gasteiger partial charge in [0.2, 0.25) is 5.91 Å². The van der Waals surface area contributed by atoms with Gasteiger partial charge in [-0.3, -0.25) is 4.79 Å². The van der Waals surface area contributed by atoms with Gasteiger partial charge in [0.15, 0.2) is 5.65 Å². The number of amides is 1. The molecule has 24 heavy (non-hydrogen) atoms. The molecule has 0 saturated carbocycles. The number of halogens is 1. The largest absolute Gasteiger partial charge is 0.359 e. The molecule has 3 aromatic rings. The number of hydrogen-bond donors (Lipinski definition) is 1. The smallest absolute Gasteiger partial charge is 0.226 e. The Morgan fingerprint density at radius 3 is 2.83 bits per heavy atom. The standard InChI is InChI=1S/C16H15FN6O/c1-18-16(24)10-7-22(8-10)14-11-6-21-23(15(11)20-9-19-14)13-5-3-2-4-12(13)17/h2-6,9-10H,7-8H2,1H3,(H,18,24). The lowest BCUT2D eigenvalue weighted by atomic mass is 9.99. The fourth-order valence-electron chi connectivity index (χ4n) is 2.90. The van der Waals surface area contributed by atoms with E-state index in [2.05, 4.69) is 20.4 Å². The normalized spacial score (nSPS) is 14.7. The van der Waals surface area contributed by atoms with Crippen LogP contribution in [0.2, 0.25) is 0 Å². The number of benzene rings is 1. The summed E-state index contributed by atoms with van der Waals surface area (Å²) in [5, 5.41) is 7.65. The maximum atomic E-state index is 14.0. The van der Waals surface area contributed by atoms with Gasteiger partial charge in [0.1, 0.15) is 23.6 Å². The van der Waals surface area contributed by atoms with Crippen molar-refractivity contribution >= 4 is 22.8 Å². The van der Waals surface area contributed by atoms with Crippen molar-refractivity contribution in [2.24, 2.45) is 5.92 Å². The van der Waals surface area contributed by atoms with E-state index in [0.29, 0.717) is 30.2 Å². The van der Waals surface area contributed by atoms with Gasteiger partial charge in [-0.25, -0.2) is 19.0 Å². The summed E-state index contributed by atoms with van der Waals surface area (Å²) in [6, 6.07) is 6.41. The van der Waals surface area contributed by atoms with Crippen molar-refractivity contribution in [1.82, 2.24) is 25.1 Å². The first-order chi connectivity index (χ1) is 11.7. The molecule has 4 rings (SSSR count). The van der Waals surface area contributed by atoms with Crippen LogP contribution < -0.4 is 10.2 Å². The van der Waals surface area contributed by atoms with Crippen LogP contribution in [0.4, 0.5) is 10.2 Å². The van der Waals surface area contributed by atoms with Crippen LogP contribution in [0.5, 0.6) is 0 Å². The zero-order valence-corrected chi connectivity index (χ0v) is 13.0. The summed E-state index contributed by atoms with van der Waals surface area (Å²) in [5.74, 6) is 0.328. The number of hydrogen-bond acceptors (Lipinski definition) is 5. The number of carbonyl (C=O) groups is 1. The SMILES string of the molecule is CNC(=O)C1CN(c2ncnc3c2cnn3-c2ccccc2F)C1. The van der Waals surface area contributed by atoms with E-state index < -0.39 is 0 Å². The minimum Gasteiger partial charge on any atom is -0.359 e. The number of nitrogens with zero attached hydrogens (tertiary/aromatic N) is 5. The predicted octanol–water partition coefficient (Wildman–Crippen LogP) is 1.14. The highest BCUT2D eigenvalue weighted by Crippen LogP contribution is 2.30. The second-order valence-corrected chi connectivity index (χ2v) is 5.66. The lowest BCUT2D eigenvalue weighted by Crippen LogP contribution is -2.53. The third kappa shape index (κ3) is 2.18. The number of nitrogens with one attached hydrogen (secondary N) is 1. The van der Waals surface area contributed by atoms with Gasteiger partial charge >= 0.3 is 0 Å². The zero-order valence-electron chi connectivity index (χ0n) is 13.0. The molecule has 1 fully saturated rings. The molecule has 1 aliphatic rings. The first kappa shape index (κ1) is 14.6. The number of rotatable bonds is 3. The summed E-state index contributed by atoms with van der Waals surface area (Å²) in [6.07, 6.45) is 3.06. The van der Waals surface area contributed by atoms with Crippen molar-refractivity contribution in [2.45, 2.75) is 0 Å². The molecule has 3 heterocycles. The van der Waals surface area contributed by atoms with E-state index >= 15 is 0 Å². The highest BCUT2D eigenvalue weighted by molar-refractivity contribution is 5.89. The fourth-order valence-corrected chi connectivity index (χ4v) is 2.90. The molecule has 2 aromatic heterocycles. The summed E-state index contributed by atoms with van der Waals surface area (Å²) in [6.45, 7) is 1.19. The Hall–Kier alpha value is -3.03. The molecule has 1 aromatic carbocycles.